The molecule has 0 aliphatic heterocycles. The van der Waals surface area contributed by atoms with Gasteiger partial charge in [-0.1, -0.05) is 42.1 Å². The molecule has 0 aliphatic carbocycles. The number of carbonyl (C=O) groups is 1. The Morgan fingerprint density at radius 2 is 1.89 bits per heavy atom. The quantitative estimate of drug-likeness (QED) is 0.492. The lowest BCUT2D eigenvalue weighted by Crippen LogP contribution is -2.28. The molecule has 0 fully saturated rings. The van der Waals surface area contributed by atoms with Crippen molar-refractivity contribution in [3.05, 3.63) is 82.4 Å². The Labute approximate surface area is 165 Å². The van der Waals surface area contributed by atoms with E-state index in [9.17, 15) is 19.1 Å². The molecule has 0 saturated heterocycles. The monoisotopic (exact) mass is 399 g/mol. The number of nitrogens with zero attached hydrogens (tertiary/aromatic N) is 2. The summed E-state index contributed by atoms with van der Waals surface area (Å²) in [7, 11) is 0. The molecule has 0 bridgehead atoms. The van der Waals surface area contributed by atoms with Crippen LogP contribution in [0.1, 0.15) is 18.5 Å². The fourth-order valence-electron chi connectivity index (χ4n) is 2.61. The van der Waals surface area contributed by atoms with E-state index < -0.39 is 17.3 Å². The van der Waals surface area contributed by atoms with Gasteiger partial charge < -0.3 is 10.4 Å². The molecule has 144 valence electrons. The molecule has 28 heavy (non-hydrogen) atoms. The lowest BCUT2D eigenvalue weighted by Gasteiger charge is -2.15. The number of thioether (sulfide) groups is 1. The van der Waals surface area contributed by atoms with Gasteiger partial charge in [0.15, 0.2) is 5.16 Å². The van der Waals surface area contributed by atoms with Gasteiger partial charge >= 0.3 is 0 Å². The van der Waals surface area contributed by atoms with Crippen molar-refractivity contribution in [3.8, 4) is 11.6 Å². The second-order valence-electron chi connectivity index (χ2n) is 6.04. The number of nitrogens with one attached hydrogen (secondary N) is 1. The summed E-state index contributed by atoms with van der Waals surface area (Å²) in [6.45, 7) is 1.87. The highest BCUT2D eigenvalue weighted by molar-refractivity contribution is 7.99. The van der Waals surface area contributed by atoms with Gasteiger partial charge in [0, 0.05) is 0 Å². The minimum atomic E-state index is -0.528. The number of carbonyl (C=O) groups excluding carboxylic acids is 1. The number of aromatic nitrogens is 2. The first kappa shape index (κ1) is 19.6. The molecule has 1 amide bonds. The molecule has 3 rings (SSSR count). The Kier molecular flexibility index (Phi) is 6.10. The van der Waals surface area contributed by atoms with Crippen LogP contribution in [0.5, 0.6) is 5.88 Å². The summed E-state index contributed by atoms with van der Waals surface area (Å²) in [5.74, 6) is -1.13. The van der Waals surface area contributed by atoms with Crippen LogP contribution in [-0.2, 0) is 4.79 Å². The summed E-state index contributed by atoms with van der Waals surface area (Å²) >= 11 is 1.01. The van der Waals surface area contributed by atoms with E-state index >= 15 is 0 Å². The molecule has 1 aromatic heterocycles. The van der Waals surface area contributed by atoms with E-state index in [4.69, 9.17) is 0 Å². The summed E-state index contributed by atoms with van der Waals surface area (Å²) in [5.41, 5.74) is 0.832. The molecule has 2 N–H and O–H groups in total. The van der Waals surface area contributed by atoms with Crippen LogP contribution in [0.15, 0.2) is 70.6 Å². The SMILES string of the molecule is CC(NC(=O)CSc1nc(O)cc(=O)n1-c1ccc(F)cc1)c1ccccc1. The zero-order valence-electron chi connectivity index (χ0n) is 15.0. The van der Waals surface area contributed by atoms with Gasteiger partial charge in [-0.2, -0.15) is 4.98 Å². The lowest BCUT2D eigenvalue weighted by molar-refractivity contribution is -0.119. The summed E-state index contributed by atoms with van der Waals surface area (Å²) < 4.78 is 14.4. The van der Waals surface area contributed by atoms with Crippen molar-refractivity contribution in [3.63, 3.8) is 0 Å². The van der Waals surface area contributed by atoms with Crippen molar-refractivity contribution >= 4 is 17.7 Å². The van der Waals surface area contributed by atoms with E-state index in [-0.39, 0.29) is 22.9 Å². The molecule has 1 atom stereocenters. The first-order valence-corrected chi connectivity index (χ1v) is 9.48. The van der Waals surface area contributed by atoms with Crippen LogP contribution >= 0.6 is 11.8 Å². The maximum atomic E-state index is 13.2. The van der Waals surface area contributed by atoms with Gasteiger partial charge in [0.1, 0.15) is 5.82 Å². The molecule has 1 heterocycles. The summed E-state index contributed by atoms with van der Waals surface area (Å²) in [6, 6.07) is 15.6. The molecule has 0 radical (unpaired) electrons. The fraction of sp³-hybridized carbons (Fsp3) is 0.150. The van der Waals surface area contributed by atoms with E-state index in [1.54, 1.807) is 0 Å². The largest absolute Gasteiger partial charge is 0.493 e. The fourth-order valence-corrected chi connectivity index (χ4v) is 3.44. The standard InChI is InChI=1S/C20H18FN3O3S/c1-13(14-5-3-2-4-6-14)22-18(26)12-28-20-23-17(25)11-19(27)24(20)16-9-7-15(21)8-10-16/h2-11,13,25H,12H2,1H3,(H,22,26). The second kappa shape index (κ2) is 8.71. The Bertz CT molecular complexity index is 1020. The van der Waals surface area contributed by atoms with Crippen LogP contribution in [0.4, 0.5) is 4.39 Å². The van der Waals surface area contributed by atoms with Crippen LogP contribution in [0.3, 0.4) is 0 Å². The summed E-state index contributed by atoms with van der Waals surface area (Å²) in [4.78, 5) is 28.6. The predicted molar refractivity (Wildman–Crippen MR) is 105 cm³/mol. The highest BCUT2D eigenvalue weighted by atomic mass is 32.2. The maximum Gasteiger partial charge on any atom is 0.262 e. The van der Waals surface area contributed by atoms with E-state index in [0.29, 0.717) is 5.69 Å². The third-order valence-corrected chi connectivity index (χ3v) is 4.91. The van der Waals surface area contributed by atoms with E-state index in [2.05, 4.69) is 10.3 Å². The average Bonchev–Trinajstić information content (AvgIpc) is 2.68. The van der Waals surface area contributed by atoms with Crippen LogP contribution in [0.25, 0.3) is 5.69 Å². The van der Waals surface area contributed by atoms with Gasteiger partial charge in [-0.25, -0.2) is 4.39 Å². The molecule has 0 spiro atoms. The number of hydrogen-bond donors (Lipinski definition) is 2. The van der Waals surface area contributed by atoms with Gasteiger partial charge in [0.2, 0.25) is 11.8 Å². The second-order valence-corrected chi connectivity index (χ2v) is 6.98. The number of aromatic hydroxyl groups is 1. The molecule has 2 aromatic carbocycles. The van der Waals surface area contributed by atoms with Gasteiger partial charge in [-0.3, -0.25) is 14.2 Å². The topological polar surface area (TPSA) is 84.2 Å². The molecular weight excluding hydrogens is 381 g/mol. The highest BCUT2D eigenvalue weighted by Gasteiger charge is 2.15. The lowest BCUT2D eigenvalue weighted by atomic mass is 10.1. The minimum absolute atomic E-state index is 0.00569. The third kappa shape index (κ3) is 4.77. The molecule has 6 nitrogen and oxygen atoms in total. The van der Waals surface area contributed by atoms with Crippen molar-refractivity contribution < 1.29 is 14.3 Å². The Morgan fingerprint density at radius 1 is 1.21 bits per heavy atom. The van der Waals surface area contributed by atoms with Crippen LogP contribution < -0.4 is 10.9 Å². The third-order valence-electron chi connectivity index (χ3n) is 3.97. The molecule has 3 aromatic rings. The number of amides is 1. The van der Waals surface area contributed by atoms with Crippen molar-refractivity contribution in [1.82, 2.24) is 14.9 Å². The first-order chi connectivity index (χ1) is 13.4. The van der Waals surface area contributed by atoms with E-state index in [1.165, 1.54) is 28.8 Å². The first-order valence-electron chi connectivity index (χ1n) is 8.50. The van der Waals surface area contributed by atoms with Crippen LogP contribution in [-0.4, -0.2) is 26.3 Å². The van der Waals surface area contributed by atoms with Crippen molar-refractivity contribution in [2.45, 2.75) is 18.1 Å². The zero-order valence-corrected chi connectivity index (χ0v) is 15.8. The molecule has 1 unspecified atom stereocenters. The van der Waals surface area contributed by atoms with Crippen LogP contribution in [0, 0.1) is 5.82 Å². The highest BCUT2D eigenvalue weighted by Crippen LogP contribution is 2.21. The molecule has 0 saturated carbocycles. The molecule has 8 heteroatoms. The van der Waals surface area contributed by atoms with Gasteiger partial charge in [0.05, 0.1) is 23.5 Å². The minimum Gasteiger partial charge on any atom is -0.493 e. The van der Waals surface area contributed by atoms with E-state index in [1.807, 2.05) is 37.3 Å². The number of rotatable bonds is 6. The van der Waals surface area contributed by atoms with Crippen LogP contribution in [0.2, 0.25) is 0 Å². The molecular formula is C20H18FN3O3S. The summed E-state index contributed by atoms with van der Waals surface area (Å²) in [6.07, 6.45) is 0. The number of hydrogen-bond acceptors (Lipinski definition) is 5. The zero-order chi connectivity index (χ0) is 20.1. The Hall–Kier alpha value is -3.13. The van der Waals surface area contributed by atoms with Crippen molar-refractivity contribution in [1.29, 1.82) is 0 Å². The smallest absolute Gasteiger partial charge is 0.262 e. The molecule has 0 aliphatic rings. The van der Waals surface area contributed by atoms with Gasteiger partial charge in [-0.05, 0) is 36.8 Å². The van der Waals surface area contributed by atoms with Gasteiger partial charge in [-0.15, -0.1) is 0 Å². The Morgan fingerprint density at radius 3 is 2.57 bits per heavy atom. The maximum absolute atomic E-state index is 13.2. The van der Waals surface area contributed by atoms with Gasteiger partial charge in [0.25, 0.3) is 5.56 Å². The van der Waals surface area contributed by atoms with E-state index in [0.717, 1.165) is 23.4 Å². The predicted octanol–water partition coefficient (Wildman–Crippen LogP) is 3.05. The summed E-state index contributed by atoms with van der Waals surface area (Å²) in [5, 5.41) is 12.7. The Balaban J connectivity index is 1.76. The normalized spacial score (nSPS) is 11.8. The average molecular weight is 399 g/mol. The number of benzene rings is 2. The van der Waals surface area contributed by atoms with Crippen molar-refractivity contribution in [2.24, 2.45) is 0 Å². The number of halogens is 1. The van der Waals surface area contributed by atoms with Crippen molar-refractivity contribution in [2.75, 3.05) is 5.75 Å².